The van der Waals surface area contributed by atoms with Gasteiger partial charge in [-0.2, -0.15) is 16.8 Å². The molecule has 0 saturated carbocycles. The lowest BCUT2D eigenvalue weighted by atomic mass is 10.6. The molecule has 0 aromatic rings. The maximum absolute atomic E-state index is 9.98. The fourth-order valence-electron chi connectivity index (χ4n) is 0.346. The molecule has 0 aromatic heterocycles. The fraction of sp³-hybridized carbons (Fsp3) is 0.667. The minimum Gasteiger partial charge on any atom is -0.286 e. The van der Waals surface area contributed by atoms with Gasteiger partial charge in [0, 0.05) is 0 Å². The second-order valence-electron chi connectivity index (χ2n) is 1.76. The molecular formula is C3H7O6S2. The Morgan fingerprint density at radius 2 is 1.55 bits per heavy atom. The van der Waals surface area contributed by atoms with Crippen LogP contribution in [0.1, 0.15) is 6.42 Å². The van der Waals surface area contributed by atoms with Crippen LogP contribution in [0.3, 0.4) is 0 Å². The van der Waals surface area contributed by atoms with Crippen LogP contribution >= 0.6 is 0 Å². The summed E-state index contributed by atoms with van der Waals surface area (Å²) in [5.74, 6) is -0.312. The largest absolute Gasteiger partial charge is 0.286 e. The third-order valence-corrected chi connectivity index (χ3v) is 2.11. The standard InChI is InChI=1S/C3H7O6S2/c4-10(5,6)2-1-3-11(7,8)9/h2H,1,3H2,(H,4,5,6)(H,7,8,9). The van der Waals surface area contributed by atoms with Crippen LogP contribution in [0, 0.1) is 5.75 Å². The van der Waals surface area contributed by atoms with Crippen LogP contribution in [-0.4, -0.2) is 31.7 Å². The topological polar surface area (TPSA) is 109 Å². The van der Waals surface area contributed by atoms with E-state index in [1.807, 2.05) is 0 Å². The van der Waals surface area contributed by atoms with E-state index in [4.69, 9.17) is 9.11 Å². The summed E-state index contributed by atoms with van der Waals surface area (Å²) in [6.07, 6.45) is -0.433. The van der Waals surface area contributed by atoms with E-state index >= 15 is 0 Å². The Hall–Kier alpha value is -0.180. The SMILES string of the molecule is O=S(=O)(O)[CH]CCS(=O)(=O)O. The predicted molar refractivity (Wildman–Crippen MR) is 36.9 cm³/mol. The molecule has 0 atom stereocenters. The zero-order valence-electron chi connectivity index (χ0n) is 5.34. The van der Waals surface area contributed by atoms with E-state index in [2.05, 4.69) is 0 Å². The molecule has 0 amide bonds. The first-order valence-electron chi connectivity index (χ1n) is 2.46. The molecule has 2 N–H and O–H groups in total. The average Bonchev–Trinajstić information content (AvgIpc) is 1.55. The normalized spacial score (nSPS) is 13.3. The smallest absolute Gasteiger partial charge is 0.269 e. The van der Waals surface area contributed by atoms with E-state index in [1.165, 1.54) is 0 Å². The van der Waals surface area contributed by atoms with E-state index < -0.39 is 32.4 Å². The van der Waals surface area contributed by atoms with Gasteiger partial charge in [0.2, 0.25) is 0 Å². The number of hydrogen-bond donors (Lipinski definition) is 2. The van der Waals surface area contributed by atoms with Crippen LogP contribution in [-0.2, 0) is 20.2 Å². The van der Waals surface area contributed by atoms with Gasteiger partial charge < -0.3 is 0 Å². The molecule has 1 radical (unpaired) electrons. The van der Waals surface area contributed by atoms with Crippen LogP contribution in [0.4, 0.5) is 0 Å². The molecule has 0 aliphatic carbocycles. The van der Waals surface area contributed by atoms with Gasteiger partial charge in [-0.05, 0) is 6.42 Å². The summed E-state index contributed by atoms with van der Waals surface area (Å²) < 4.78 is 56.0. The zero-order valence-corrected chi connectivity index (χ0v) is 6.97. The van der Waals surface area contributed by atoms with Crippen molar-refractivity contribution in [3.05, 3.63) is 5.75 Å². The van der Waals surface area contributed by atoms with Crippen LogP contribution < -0.4 is 0 Å². The molecule has 0 unspecified atom stereocenters. The van der Waals surface area contributed by atoms with Crippen LogP contribution in [0.15, 0.2) is 0 Å². The molecule has 67 valence electrons. The van der Waals surface area contributed by atoms with Crippen molar-refractivity contribution in [1.82, 2.24) is 0 Å². The fourth-order valence-corrected chi connectivity index (χ4v) is 1.33. The van der Waals surface area contributed by atoms with Gasteiger partial charge in [-0.15, -0.1) is 0 Å². The lowest BCUT2D eigenvalue weighted by Crippen LogP contribution is -2.07. The lowest BCUT2D eigenvalue weighted by Gasteiger charge is -1.93. The highest BCUT2D eigenvalue weighted by molar-refractivity contribution is 7.88. The van der Waals surface area contributed by atoms with E-state index in [1.54, 1.807) is 0 Å². The molecule has 8 heteroatoms. The van der Waals surface area contributed by atoms with Crippen molar-refractivity contribution in [1.29, 1.82) is 0 Å². The van der Waals surface area contributed by atoms with Gasteiger partial charge in [-0.3, -0.25) is 9.11 Å². The molecule has 0 aliphatic heterocycles. The third-order valence-electron chi connectivity index (χ3n) is 0.704. The third kappa shape index (κ3) is 9.82. The van der Waals surface area contributed by atoms with E-state index in [9.17, 15) is 16.8 Å². The van der Waals surface area contributed by atoms with Crippen LogP contribution in [0.5, 0.6) is 0 Å². The maximum Gasteiger partial charge on any atom is 0.269 e. The van der Waals surface area contributed by atoms with Gasteiger partial charge in [0.1, 0.15) is 5.75 Å². The van der Waals surface area contributed by atoms with Crippen molar-refractivity contribution >= 4 is 20.2 Å². The van der Waals surface area contributed by atoms with Gasteiger partial charge in [-0.25, -0.2) is 0 Å². The van der Waals surface area contributed by atoms with E-state index in [0.29, 0.717) is 5.75 Å². The first kappa shape index (κ1) is 10.8. The van der Waals surface area contributed by atoms with Crippen molar-refractivity contribution in [2.24, 2.45) is 0 Å². The molecule has 0 aromatic carbocycles. The van der Waals surface area contributed by atoms with Crippen molar-refractivity contribution < 1.29 is 25.9 Å². The Morgan fingerprint density at radius 3 is 1.82 bits per heavy atom. The molecule has 0 rings (SSSR count). The molecular weight excluding hydrogens is 196 g/mol. The summed E-state index contributed by atoms with van der Waals surface area (Å²) in [6.45, 7) is 0. The summed E-state index contributed by atoms with van der Waals surface area (Å²) in [5.41, 5.74) is 0. The zero-order chi connectivity index (χ0) is 9.12. The molecule has 0 saturated heterocycles. The second kappa shape index (κ2) is 3.48. The highest BCUT2D eigenvalue weighted by Crippen LogP contribution is 1.97. The molecule has 0 bridgehead atoms. The molecule has 0 heterocycles. The quantitative estimate of drug-likeness (QED) is 0.585. The summed E-state index contributed by atoms with van der Waals surface area (Å²) >= 11 is 0. The highest BCUT2D eigenvalue weighted by Gasteiger charge is 2.09. The van der Waals surface area contributed by atoms with Gasteiger partial charge in [0.25, 0.3) is 20.2 Å². The molecule has 0 spiro atoms. The summed E-state index contributed by atoms with van der Waals surface area (Å²) in [7, 11) is -8.40. The lowest BCUT2D eigenvalue weighted by molar-refractivity contribution is 0.481. The van der Waals surface area contributed by atoms with Gasteiger partial charge in [-0.1, -0.05) is 0 Å². The summed E-state index contributed by atoms with van der Waals surface area (Å²) in [5, 5.41) is 0. The van der Waals surface area contributed by atoms with Gasteiger partial charge >= 0.3 is 0 Å². The second-order valence-corrected chi connectivity index (χ2v) is 4.69. The van der Waals surface area contributed by atoms with Crippen molar-refractivity contribution in [2.45, 2.75) is 6.42 Å². The molecule has 0 aliphatic rings. The van der Waals surface area contributed by atoms with Crippen molar-refractivity contribution in [3.8, 4) is 0 Å². The van der Waals surface area contributed by atoms with Gasteiger partial charge in [0.15, 0.2) is 0 Å². The minimum atomic E-state index is -4.25. The van der Waals surface area contributed by atoms with E-state index in [0.717, 1.165) is 0 Å². The molecule has 6 nitrogen and oxygen atoms in total. The number of rotatable bonds is 4. The maximum atomic E-state index is 9.98. The Labute approximate surface area is 64.7 Å². The first-order chi connectivity index (χ1) is 4.71. The first-order valence-corrected chi connectivity index (χ1v) is 5.58. The summed E-state index contributed by atoms with van der Waals surface area (Å²) in [4.78, 5) is 0. The molecule has 0 fully saturated rings. The monoisotopic (exact) mass is 203 g/mol. The van der Waals surface area contributed by atoms with Crippen LogP contribution in [0.25, 0.3) is 0 Å². The van der Waals surface area contributed by atoms with Crippen molar-refractivity contribution in [3.63, 3.8) is 0 Å². The highest BCUT2D eigenvalue weighted by atomic mass is 32.2. The average molecular weight is 203 g/mol. The van der Waals surface area contributed by atoms with Crippen LogP contribution in [0.2, 0.25) is 0 Å². The minimum absolute atomic E-state index is 0.404. The molecule has 11 heavy (non-hydrogen) atoms. The Kier molecular flexibility index (Phi) is 3.42. The van der Waals surface area contributed by atoms with E-state index in [-0.39, 0.29) is 0 Å². The number of hydrogen-bond acceptors (Lipinski definition) is 4. The Balaban J connectivity index is 3.79. The van der Waals surface area contributed by atoms with Gasteiger partial charge in [0.05, 0.1) is 5.75 Å². The Bertz CT molecular complexity index is 265. The summed E-state index contributed by atoms with van der Waals surface area (Å²) in [6, 6.07) is 0. The predicted octanol–water partition coefficient (Wildman–Crippen LogP) is -0.686. The Morgan fingerprint density at radius 1 is 1.09 bits per heavy atom. The van der Waals surface area contributed by atoms with Crippen molar-refractivity contribution in [2.75, 3.05) is 5.75 Å².